The molecular formula is C11H12N4W. The minimum absolute atomic E-state index is 0.333. The van der Waals surface area contributed by atoms with Crippen LogP contribution in [0.4, 0.5) is 5.82 Å². The van der Waals surface area contributed by atoms with Crippen molar-refractivity contribution in [1.82, 2.24) is 9.78 Å². The number of nitrogens with two attached hydrogens (primary N) is 1. The number of allylic oxidation sites excluding steroid dienone is 3. The Morgan fingerprint density at radius 1 is 1.69 bits per heavy atom. The number of hydrogen-bond acceptors (Lipinski definition) is 3. The van der Waals surface area contributed by atoms with Crippen LogP contribution in [0.2, 0.25) is 0 Å². The van der Waals surface area contributed by atoms with E-state index in [0.717, 1.165) is 15.2 Å². The summed E-state index contributed by atoms with van der Waals surface area (Å²) in [6, 6.07) is 3.54. The van der Waals surface area contributed by atoms with Crippen molar-refractivity contribution in [3.63, 3.8) is 0 Å². The van der Waals surface area contributed by atoms with E-state index in [4.69, 9.17) is 11.0 Å². The molecule has 0 aromatic carbocycles. The third-order valence-corrected chi connectivity index (χ3v) is 3.62. The second kappa shape index (κ2) is 5.05. The normalized spacial score (nSPS) is 10.9. The van der Waals surface area contributed by atoms with E-state index in [1.807, 2.05) is 26.0 Å². The molecule has 1 rings (SSSR count). The molecule has 2 N–H and O–H groups in total. The molecule has 0 aliphatic carbocycles. The fourth-order valence-electron chi connectivity index (χ4n) is 1.21. The second-order valence-corrected chi connectivity index (χ2v) is 4.85. The maximum atomic E-state index is 8.73. The first-order chi connectivity index (χ1) is 7.45. The minimum atomic E-state index is 0.333. The molecule has 0 fully saturated rings. The van der Waals surface area contributed by atoms with E-state index >= 15 is 0 Å². The van der Waals surface area contributed by atoms with E-state index in [9.17, 15) is 0 Å². The van der Waals surface area contributed by atoms with Crippen LogP contribution in [-0.2, 0) is 19.4 Å². The zero-order chi connectivity index (χ0) is 12.3. The Balaban J connectivity index is 3.11. The second-order valence-electron chi connectivity index (χ2n) is 3.46. The molecule has 0 unspecified atom stereocenters. The van der Waals surface area contributed by atoms with Gasteiger partial charge in [-0.15, -0.1) is 0 Å². The molecule has 4 nitrogen and oxygen atoms in total. The molecule has 16 heavy (non-hydrogen) atoms. The van der Waals surface area contributed by atoms with Gasteiger partial charge in [0.05, 0.1) is 0 Å². The first-order valence-corrected chi connectivity index (χ1v) is 6.06. The predicted octanol–water partition coefficient (Wildman–Crippen LogP) is 1.38. The Kier molecular flexibility index (Phi) is 3.98. The van der Waals surface area contributed by atoms with Crippen molar-refractivity contribution in [3.05, 3.63) is 35.6 Å². The van der Waals surface area contributed by atoms with Crippen LogP contribution in [0.3, 0.4) is 0 Å². The van der Waals surface area contributed by atoms with Crippen LogP contribution in [0, 0.1) is 11.3 Å². The monoisotopic (exact) mass is 384 g/mol. The third kappa shape index (κ3) is 2.77. The fourth-order valence-corrected chi connectivity index (χ4v) is 1.95. The van der Waals surface area contributed by atoms with E-state index in [-0.39, 0.29) is 0 Å². The van der Waals surface area contributed by atoms with E-state index in [2.05, 4.69) is 11.7 Å². The molecule has 0 bridgehead atoms. The summed E-state index contributed by atoms with van der Waals surface area (Å²) < 4.78 is 2.57. The summed E-state index contributed by atoms with van der Waals surface area (Å²) in [5.74, 6) is 0.482. The SMILES string of the molecule is C=C(C)/C=C(/C)[C](=[W])n1nc(C#N)cc1N. The Morgan fingerprint density at radius 2 is 2.31 bits per heavy atom. The van der Waals surface area contributed by atoms with E-state index in [0.29, 0.717) is 11.5 Å². The van der Waals surface area contributed by atoms with Gasteiger partial charge < -0.3 is 0 Å². The van der Waals surface area contributed by atoms with Crippen molar-refractivity contribution in [2.75, 3.05) is 5.73 Å². The van der Waals surface area contributed by atoms with Crippen molar-refractivity contribution in [1.29, 1.82) is 5.26 Å². The Bertz CT molecular complexity index is 517. The summed E-state index contributed by atoms with van der Waals surface area (Å²) in [5, 5.41) is 12.8. The molecular weight excluding hydrogens is 372 g/mol. The Labute approximate surface area is 105 Å². The quantitative estimate of drug-likeness (QED) is 0.802. The molecule has 1 aromatic heterocycles. The molecule has 0 aliphatic heterocycles. The molecule has 0 amide bonds. The zero-order valence-corrected chi connectivity index (χ0v) is 12.1. The Hall–Kier alpha value is -1.46. The number of aromatic nitrogens is 2. The van der Waals surface area contributed by atoms with Gasteiger partial charge in [-0.05, 0) is 0 Å². The van der Waals surface area contributed by atoms with E-state index in [1.165, 1.54) is 19.4 Å². The average Bonchev–Trinajstić information content (AvgIpc) is 2.57. The molecule has 0 radical (unpaired) electrons. The van der Waals surface area contributed by atoms with Crippen LogP contribution < -0.4 is 5.73 Å². The molecule has 0 saturated heterocycles. The van der Waals surface area contributed by atoms with Gasteiger partial charge in [0.1, 0.15) is 0 Å². The molecule has 5 heteroatoms. The number of nitrogens with zero attached hydrogens (tertiary/aromatic N) is 3. The molecule has 0 saturated carbocycles. The summed E-state index contributed by atoms with van der Waals surface area (Å²) in [5.41, 5.74) is 8.14. The number of hydrogen-bond donors (Lipinski definition) is 1. The third-order valence-electron chi connectivity index (χ3n) is 1.84. The van der Waals surface area contributed by atoms with Crippen molar-refractivity contribution in [2.24, 2.45) is 0 Å². The average molecular weight is 384 g/mol. The number of nitriles is 1. The summed E-state index contributed by atoms with van der Waals surface area (Å²) in [6.45, 7) is 7.73. The van der Waals surface area contributed by atoms with Gasteiger partial charge in [-0.3, -0.25) is 0 Å². The molecule has 0 aliphatic rings. The standard InChI is InChI=1S/C11H12N4.W/c1-8(2)4-9(3)7-15-11(13)5-10(6-12)14-15;/h4-5H,1,13H2,2-3H3;/b9-4-;. The van der Waals surface area contributed by atoms with Gasteiger partial charge >= 0.3 is 105 Å². The number of nitrogen functional groups attached to an aromatic ring is 1. The van der Waals surface area contributed by atoms with Gasteiger partial charge in [0.2, 0.25) is 0 Å². The fraction of sp³-hybridized carbons (Fsp3) is 0.182. The molecule has 1 heterocycles. The summed E-state index contributed by atoms with van der Waals surface area (Å²) in [6.07, 6.45) is 1.97. The van der Waals surface area contributed by atoms with Crippen molar-refractivity contribution < 1.29 is 19.4 Å². The first-order valence-electron chi connectivity index (χ1n) is 4.60. The van der Waals surface area contributed by atoms with E-state index in [1.54, 1.807) is 10.7 Å². The molecule has 82 valence electrons. The Morgan fingerprint density at radius 3 is 2.75 bits per heavy atom. The molecule has 0 atom stereocenters. The van der Waals surface area contributed by atoms with E-state index < -0.39 is 0 Å². The summed E-state index contributed by atoms with van der Waals surface area (Å²) in [7, 11) is 0. The number of anilines is 1. The van der Waals surface area contributed by atoms with Crippen molar-refractivity contribution >= 4 is 9.84 Å². The van der Waals surface area contributed by atoms with Crippen LogP contribution in [0.1, 0.15) is 19.5 Å². The molecule has 0 spiro atoms. The van der Waals surface area contributed by atoms with Gasteiger partial charge in [-0.25, -0.2) is 0 Å². The van der Waals surface area contributed by atoms with Gasteiger partial charge in [0.15, 0.2) is 0 Å². The van der Waals surface area contributed by atoms with Crippen LogP contribution in [0.25, 0.3) is 0 Å². The van der Waals surface area contributed by atoms with Crippen molar-refractivity contribution in [2.45, 2.75) is 13.8 Å². The predicted molar refractivity (Wildman–Crippen MR) is 60.3 cm³/mol. The van der Waals surface area contributed by atoms with Crippen LogP contribution in [0.5, 0.6) is 0 Å². The summed E-state index contributed by atoms with van der Waals surface area (Å²) >= 11 is 1.24. The van der Waals surface area contributed by atoms with Crippen molar-refractivity contribution in [3.8, 4) is 6.07 Å². The van der Waals surface area contributed by atoms with Gasteiger partial charge in [-0.1, -0.05) is 0 Å². The first kappa shape index (κ1) is 12.6. The van der Waals surface area contributed by atoms with Crippen LogP contribution >= 0.6 is 0 Å². The topological polar surface area (TPSA) is 67.6 Å². The molecule has 1 aromatic rings. The van der Waals surface area contributed by atoms with Crippen LogP contribution in [-0.4, -0.2) is 13.8 Å². The van der Waals surface area contributed by atoms with Gasteiger partial charge in [-0.2, -0.15) is 0 Å². The summed E-state index contributed by atoms with van der Waals surface area (Å²) in [4.78, 5) is 0. The zero-order valence-electron chi connectivity index (χ0n) is 9.19. The van der Waals surface area contributed by atoms with Gasteiger partial charge in [0, 0.05) is 0 Å². The van der Waals surface area contributed by atoms with Gasteiger partial charge in [0.25, 0.3) is 0 Å². The number of rotatable bonds is 3. The van der Waals surface area contributed by atoms with Crippen LogP contribution in [0.15, 0.2) is 29.9 Å². The maximum absolute atomic E-state index is 8.73.